The number of hydrogen-bond donors (Lipinski definition) is 3. The summed E-state index contributed by atoms with van der Waals surface area (Å²) in [5.74, 6) is -0.208. The Hall–Kier alpha value is -2.94. The lowest BCUT2D eigenvalue weighted by Gasteiger charge is -2.14. The molecule has 1 aliphatic heterocycles. The summed E-state index contributed by atoms with van der Waals surface area (Å²) in [5.41, 5.74) is 1.17. The van der Waals surface area contributed by atoms with E-state index < -0.39 is 0 Å². The molecule has 0 unspecified atom stereocenters. The maximum Gasteiger partial charge on any atom is 0.348 e. The van der Waals surface area contributed by atoms with Gasteiger partial charge >= 0.3 is 5.69 Å². The number of nitrogens with zero attached hydrogens (tertiary/aromatic N) is 2. The van der Waals surface area contributed by atoms with Gasteiger partial charge in [0.15, 0.2) is 5.76 Å². The lowest BCUT2D eigenvalue weighted by Crippen LogP contribution is -2.42. The molecule has 144 valence electrons. The van der Waals surface area contributed by atoms with Crippen LogP contribution in [0.25, 0.3) is 0 Å². The molecule has 3 rings (SSSR count). The second kappa shape index (κ2) is 8.17. The van der Waals surface area contributed by atoms with Crippen LogP contribution >= 0.6 is 0 Å². The number of carbonyl (C=O) groups is 2. The number of carbonyl (C=O) groups excluding carboxylic acids is 2. The minimum Gasteiger partial charge on any atom is -0.459 e. The maximum absolute atomic E-state index is 12.3. The van der Waals surface area contributed by atoms with E-state index in [2.05, 4.69) is 20.9 Å². The summed E-state index contributed by atoms with van der Waals surface area (Å²) in [6.45, 7) is 4.79. The van der Waals surface area contributed by atoms with Gasteiger partial charge in [0, 0.05) is 37.1 Å². The third-order valence-electron chi connectivity index (χ3n) is 4.51. The van der Waals surface area contributed by atoms with E-state index in [4.69, 9.17) is 4.42 Å². The Morgan fingerprint density at radius 3 is 2.93 bits per heavy atom. The number of rotatable bonds is 6. The molecule has 1 saturated heterocycles. The maximum atomic E-state index is 12.3. The van der Waals surface area contributed by atoms with Gasteiger partial charge in [0.05, 0.1) is 12.3 Å². The Balaban J connectivity index is 1.45. The first-order valence-corrected chi connectivity index (χ1v) is 8.84. The molecular formula is C18H23N5O4. The Morgan fingerprint density at radius 2 is 2.22 bits per heavy atom. The van der Waals surface area contributed by atoms with Crippen LogP contribution in [-0.2, 0) is 11.3 Å². The number of aromatic nitrogens is 2. The second-order valence-corrected chi connectivity index (χ2v) is 6.61. The minimum atomic E-state index is -0.388. The second-order valence-electron chi connectivity index (χ2n) is 6.61. The van der Waals surface area contributed by atoms with Gasteiger partial charge in [-0.15, -0.1) is 0 Å². The normalized spacial score (nSPS) is 19.0. The fraction of sp³-hybridized carbons (Fsp3) is 0.444. The summed E-state index contributed by atoms with van der Waals surface area (Å²) in [5, 5.41) is 8.76. The lowest BCUT2D eigenvalue weighted by molar-refractivity contribution is -0.122. The monoisotopic (exact) mass is 373 g/mol. The lowest BCUT2D eigenvalue weighted by atomic mass is 10.1. The largest absolute Gasteiger partial charge is 0.459 e. The van der Waals surface area contributed by atoms with Crippen molar-refractivity contribution in [2.24, 2.45) is 0 Å². The van der Waals surface area contributed by atoms with Crippen LogP contribution in [0.1, 0.15) is 28.4 Å². The highest BCUT2D eigenvalue weighted by molar-refractivity contribution is 5.91. The fourth-order valence-corrected chi connectivity index (χ4v) is 3.17. The summed E-state index contributed by atoms with van der Waals surface area (Å²) in [7, 11) is 0. The zero-order valence-corrected chi connectivity index (χ0v) is 15.3. The van der Waals surface area contributed by atoms with Gasteiger partial charge in [0.2, 0.25) is 5.91 Å². The van der Waals surface area contributed by atoms with Crippen LogP contribution in [0.15, 0.2) is 33.7 Å². The summed E-state index contributed by atoms with van der Waals surface area (Å²) >= 11 is 0. The van der Waals surface area contributed by atoms with E-state index in [1.54, 1.807) is 19.1 Å². The van der Waals surface area contributed by atoms with Crippen LogP contribution in [0, 0.1) is 13.8 Å². The van der Waals surface area contributed by atoms with E-state index in [9.17, 15) is 14.4 Å². The van der Waals surface area contributed by atoms with Gasteiger partial charge < -0.3 is 20.4 Å². The first-order valence-electron chi connectivity index (χ1n) is 8.84. The molecule has 1 fully saturated rings. The van der Waals surface area contributed by atoms with Crippen LogP contribution in [0.5, 0.6) is 0 Å². The molecule has 2 amide bonds. The number of hydrogen-bond acceptors (Lipinski definition) is 6. The standard InChI is InChI=1S/C18H23N5O4/c1-11-8-12(2)23(18(26)21-11)6-5-19-16(24)14-9-13(10-20-14)22-17(25)15-4-3-7-27-15/h3-4,7-8,13-14,20H,5-6,9-10H2,1-2H3,(H,19,24)(H,22,25)/t13-,14+/m1/s1. The Morgan fingerprint density at radius 1 is 1.41 bits per heavy atom. The molecule has 9 heteroatoms. The SMILES string of the molecule is Cc1cc(C)n(CCNC(=O)[C@@H]2C[C@@H](NC(=O)c3ccco3)CN2)c(=O)n1. The van der Waals surface area contributed by atoms with Crippen molar-refractivity contribution in [3.63, 3.8) is 0 Å². The third kappa shape index (κ3) is 4.62. The molecule has 2 aromatic rings. The molecule has 3 heterocycles. The molecule has 3 N–H and O–H groups in total. The average Bonchev–Trinajstić information content (AvgIpc) is 3.28. The molecular weight excluding hydrogens is 350 g/mol. The highest BCUT2D eigenvalue weighted by atomic mass is 16.3. The zero-order valence-electron chi connectivity index (χ0n) is 15.3. The molecule has 0 aliphatic carbocycles. The van der Waals surface area contributed by atoms with Gasteiger partial charge in [-0.25, -0.2) is 4.79 Å². The van der Waals surface area contributed by atoms with Crippen LogP contribution in [0.4, 0.5) is 0 Å². The predicted octanol–water partition coefficient (Wildman–Crippen LogP) is -0.270. The molecule has 27 heavy (non-hydrogen) atoms. The number of aryl methyl sites for hydroxylation is 2. The van der Waals surface area contributed by atoms with Crippen LogP contribution in [-0.4, -0.2) is 46.5 Å². The van der Waals surface area contributed by atoms with Crippen LogP contribution in [0.2, 0.25) is 0 Å². The first-order chi connectivity index (χ1) is 12.9. The van der Waals surface area contributed by atoms with Gasteiger partial charge in [-0.05, 0) is 38.5 Å². The topological polar surface area (TPSA) is 118 Å². The molecule has 0 aromatic carbocycles. The van der Waals surface area contributed by atoms with E-state index in [0.717, 1.165) is 5.69 Å². The van der Waals surface area contributed by atoms with Crippen molar-refractivity contribution < 1.29 is 14.0 Å². The van der Waals surface area contributed by atoms with Crippen molar-refractivity contribution >= 4 is 11.8 Å². The molecule has 2 aromatic heterocycles. The Bertz CT molecular complexity index is 874. The van der Waals surface area contributed by atoms with Crippen molar-refractivity contribution in [2.75, 3.05) is 13.1 Å². The number of nitrogens with one attached hydrogen (secondary N) is 3. The summed E-state index contributed by atoms with van der Waals surface area (Å²) in [6, 6.07) is 4.53. The van der Waals surface area contributed by atoms with Crippen molar-refractivity contribution in [3.8, 4) is 0 Å². The molecule has 1 aliphatic rings. The van der Waals surface area contributed by atoms with E-state index in [1.165, 1.54) is 10.8 Å². The third-order valence-corrected chi connectivity index (χ3v) is 4.51. The number of amides is 2. The number of furan rings is 1. The Labute approximate surface area is 156 Å². The summed E-state index contributed by atoms with van der Waals surface area (Å²) in [6.07, 6.45) is 1.93. The fourth-order valence-electron chi connectivity index (χ4n) is 3.17. The average molecular weight is 373 g/mol. The molecule has 2 atom stereocenters. The van der Waals surface area contributed by atoms with E-state index >= 15 is 0 Å². The van der Waals surface area contributed by atoms with Gasteiger partial charge in [0.25, 0.3) is 5.91 Å². The van der Waals surface area contributed by atoms with Crippen molar-refractivity contribution in [1.82, 2.24) is 25.5 Å². The van der Waals surface area contributed by atoms with Crippen LogP contribution < -0.4 is 21.6 Å². The molecule has 0 radical (unpaired) electrons. The van der Waals surface area contributed by atoms with E-state index in [-0.39, 0.29) is 35.3 Å². The predicted molar refractivity (Wildman–Crippen MR) is 97.4 cm³/mol. The smallest absolute Gasteiger partial charge is 0.348 e. The van der Waals surface area contributed by atoms with Gasteiger partial charge in [-0.2, -0.15) is 4.98 Å². The molecule has 0 spiro atoms. The molecule has 0 saturated carbocycles. The summed E-state index contributed by atoms with van der Waals surface area (Å²) < 4.78 is 6.59. The summed E-state index contributed by atoms with van der Waals surface area (Å²) in [4.78, 5) is 40.1. The van der Waals surface area contributed by atoms with Gasteiger partial charge in [0.1, 0.15) is 0 Å². The Kier molecular flexibility index (Phi) is 5.70. The van der Waals surface area contributed by atoms with Gasteiger partial charge in [-0.3, -0.25) is 14.2 Å². The van der Waals surface area contributed by atoms with E-state index in [1.807, 2.05) is 13.0 Å². The van der Waals surface area contributed by atoms with E-state index in [0.29, 0.717) is 31.7 Å². The highest BCUT2D eigenvalue weighted by Gasteiger charge is 2.30. The zero-order chi connectivity index (χ0) is 19.4. The van der Waals surface area contributed by atoms with Crippen molar-refractivity contribution in [3.05, 3.63) is 52.1 Å². The quantitative estimate of drug-likeness (QED) is 0.641. The van der Waals surface area contributed by atoms with Gasteiger partial charge in [-0.1, -0.05) is 0 Å². The van der Waals surface area contributed by atoms with Crippen molar-refractivity contribution in [1.29, 1.82) is 0 Å². The molecule has 0 bridgehead atoms. The van der Waals surface area contributed by atoms with Crippen molar-refractivity contribution in [2.45, 2.75) is 38.9 Å². The molecule has 9 nitrogen and oxygen atoms in total. The highest BCUT2D eigenvalue weighted by Crippen LogP contribution is 2.09. The minimum absolute atomic E-state index is 0.149. The van der Waals surface area contributed by atoms with Crippen LogP contribution in [0.3, 0.4) is 0 Å². The first kappa shape index (κ1) is 18.8.